The Hall–Kier alpha value is -1.27. The first-order chi connectivity index (χ1) is 8.36. The fourth-order valence-electron chi connectivity index (χ4n) is 1.44. The van der Waals surface area contributed by atoms with Crippen LogP contribution in [0.25, 0.3) is 0 Å². The molecule has 0 aliphatic rings. The maximum atomic E-state index is 12.0. The predicted molar refractivity (Wildman–Crippen MR) is 72.0 cm³/mol. The van der Waals surface area contributed by atoms with E-state index in [2.05, 4.69) is 4.72 Å². The fourth-order valence-corrected chi connectivity index (χ4v) is 2.53. The second-order valence-corrected chi connectivity index (χ2v) is 6.25. The Morgan fingerprint density at radius 3 is 2.56 bits per heavy atom. The summed E-state index contributed by atoms with van der Waals surface area (Å²) in [6, 6.07) is 4.43. The highest BCUT2D eigenvalue weighted by atomic mass is 32.2. The van der Waals surface area contributed by atoms with Crippen LogP contribution in [0.4, 0.5) is 5.69 Å². The van der Waals surface area contributed by atoms with Crippen LogP contribution in [0.1, 0.15) is 20.3 Å². The minimum Gasteiger partial charge on any atom is -0.495 e. The zero-order chi connectivity index (χ0) is 13.8. The molecule has 5 nitrogen and oxygen atoms in total. The Labute approximate surface area is 108 Å². The molecule has 0 fully saturated rings. The second kappa shape index (κ2) is 6.06. The van der Waals surface area contributed by atoms with Crippen molar-refractivity contribution in [1.29, 1.82) is 0 Å². The monoisotopic (exact) mass is 272 g/mol. The van der Waals surface area contributed by atoms with Gasteiger partial charge in [-0.1, -0.05) is 13.8 Å². The molecular weight excluding hydrogens is 252 g/mol. The third-order valence-electron chi connectivity index (χ3n) is 2.53. The Morgan fingerprint density at radius 1 is 1.39 bits per heavy atom. The molecule has 0 aliphatic heterocycles. The van der Waals surface area contributed by atoms with Gasteiger partial charge in [0, 0.05) is 6.54 Å². The highest BCUT2D eigenvalue weighted by Gasteiger charge is 2.15. The highest BCUT2D eigenvalue weighted by molar-refractivity contribution is 7.89. The molecule has 0 amide bonds. The van der Waals surface area contributed by atoms with Crippen LogP contribution in [0.2, 0.25) is 0 Å². The van der Waals surface area contributed by atoms with E-state index in [1.54, 1.807) is 6.07 Å². The molecule has 0 saturated carbocycles. The highest BCUT2D eigenvalue weighted by Crippen LogP contribution is 2.24. The van der Waals surface area contributed by atoms with Crippen LogP contribution in [-0.2, 0) is 10.0 Å². The van der Waals surface area contributed by atoms with Crippen molar-refractivity contribution in [2.75, 3.05) is 19.4 Å². The quantitative estimate of drug-likeness (QED) is 0.771. The van der Waals surface area contributed by atoms with Crippen LogP contribution in [0, 0.1) is 5.92 Å². The van der Waals surface area contributed by atoms with Crippen molar-refractivity contribution < 1.29 is 13.2 Å². The van der Waals surface area contributed by atoms with E-state index in [1.165, 1.54) is 19.2 Å². The number of anilines is 1. The van der Waals surface area contributed by atoms with Crippen molar-refractivity contribution in [2.45, 2.75) is 25.2 Å². The minimum atomic E-state index is -3.49. The van der Waals surface area contributed by atoms with Gasteiger partial charge in [0.05, 0.1) is 17.7 Å². The molecule has 0 unspecified atom stereocenters. The first-order valence-electron chi connectivity index (χ1n) is 5.80. The summed E-state index contributed by atoms with van der Waals surface area (Å²) in [5, 5.41) is 0. The molecule has 0 saturated heterocycles. The molecule has 0 spiro atoms. The van der Waals surface area contributed by atoms with Gasteiger partial charge in [-0.15, -0.1) is 0 Å². The van der Waals surface area contributed by atoms with Gasteiger partial charge >= 0.3 is 0 Å². The number of sulfonamides is 1. The van der Waals surface area contributed by atoms with E-state index in [0.29, 0.717) is 23.9 Å². The molecule has 102 valence electrons. The second-order valence-electron chi connectivity index (χ2n) is 4.48. The summed E-state index contributed by atoms with van der Waals surface area (Å²) in [7, 11) is -2.00. The van der Waals surface area contributed by atoms with E-state index in [1.807, 2.05) is 13.8 Å². The molecule has 1 aromatic rings. The summed E-state index contributed by atoms with van der Waals surface area (Å²) in [6.45, 7) is 4.51. The maximum absolute atomic E-state index is 12.0. The average Bonchev–Trinajstić information content (AvgIpc) is 2.28. The summed E-state index contributed by atoms with van der Waals surface area (Å²) in [6.07, 6.45) is 0.796. The van der Waals surface area contributed by atoms with E-state index in [9.17, 15) is 8.42 Å². The van der Waals surface area contributed by atoms with Crippen LogP contribution in [0.15, 0.2) is 23.1 Å². The zero-order valence-corrected chi connectivity index (χ0v) is 11.8. The lowest BCUT2D eigenvalue weighted by atomic mass is 10.1. The van der Waals surface area contributed by atoms with Crippen molar-refractivity contribution in [3.8, 4) is 5.75 Å². The van der Waals surface area contributed by atoms with Crippen molar-refractivity contribution in [3.05, 3.63) is 18.2 Å². The molecule has 1 aromatic carbocycles. The minimum absolute atomic E-state index is 0.157. The molecule has 0 aromatic heterocycles. The van der Waals surface area contributed by atoms with Crippen LogP contribution in [0.5, 0.6) is 5.75 Å². The third kappa shape index (κ3) is 3.89. The van der Waals surface area contributed by atoms with Gasteiger partial charge in [0.25, 0.3) is 0 Å². The normalized spacial score (nSPS) is 11.8. The topological polar surface area (TPSA) is 81.4 Å². The summed E-state index contributed by atoms with van der Waals surface area (Å²) in [5.41, 5.74) is 6.00. The number of nitrogens with two attached hydrogens (primary N) is 1. The molecular formula is C12H20N2O3S. The van der Waals surface area contributed by atoms with Gasteiger partial charge in [-0.25, -0.2) is 13.1 Å². The zero-order valence-electron chi connectivity index (χ0n) is 10.9. The molecule has 1 rings (SSSR count). The Morgan fingerprint density at radius 2 is 2.06 bits per heavy atom. The fraction of sp³-hybridized carbons (Fsp3) is 0.500. The summed E-state index contributed by atoms with van der Waals surface area (Å²) < 4.78 is 31.4. The molecule has 0 radical (unpaired) electrons. The first kappa shape index (κ1) is 14.8. The number of hydrogen-bond donors (Lipinski definition) is 2. The van der Waals surface area contributed by atoms with Crippen LogP contribution in [0.3, 0.4) is 0 Å². The smallest absolute Gasteiger partial charge is 0.240 e. The van der Waals surface area contributed by atoms with Crippen molar-refractivity contribution >= 4 is 15.7 Å². The predicted octanol–water partition coefficient (Wildman–Crippen LogP) is 1.60. The van der Waals surface area contributed by atoms with Gasteiger partial charge in [0.1, 0.15) is 5.75 Å². The molecule has 0 atom stereocenters. The van der Waals surface area contributed by atoms with Gasteiger partial charge in [-0.2, -0.15) is 0 Å². The van der Waals surface area contributed by atoms with Gasteiger partial charge in [0.15, 0.2) is 0 Å². The van der Waals surface area contributed by atoms with E-state index in [0.717, 1.165) is 6.42 Å². The number of hydrogen-bond acceptors (Lipinski definition) is 4. The summed E-state index contributed by atoms with van der Waals surface area (Å²) >= 11 is 0. The average molecular weight is 272 g/mol. The SMILES string of the molecule is COc1ccc(S(=O)(=O)NCCC(C)C)cc1N. The number of ether oxygens (including phenoxy) is 1. The Balaban J connectivity index is 2.82. The molecule has 18 heavy (non-hydrogen) atoms. The number of nitrogens with one attached hydrogen (secondary N) is 1. The summed E-state index contributed by atoms with van der Waals surface area (Å²) in [4.78, 5) is 0.157. The standard InChI is InChI=1S/C12H20N2O3S/c1-9(2)6-7-14-18(15,16)10-4-5-12(17-3)11(13)8-10/h4-5,8-9,14H,6-7,13H2,1-3H3. The van der Waals surface area contributed by atoms with E-state index in [4.69, 9.17) is 10.5 Å². The van der Waals surface area contributed by atoms with Gasteiger partial charge < -0.3 is 10.5 Å². The molecule has 0 bridgehead atoms. The first-order valence-corrected chi connectivity index (χ1v) is 7.28. The lowest BCUT2D eigenvalue weighted by Gasteiger charge is -2.10. The summed E-state index contributed by atoms with van der Waals surface area (Å²) in [5.74, 6) is 0.921. The van der Waals surface area contributed by atoms with Gasteiger partial charge in [-0.3, -0.25) is 0 Å². The lowest BCUT2D eigenvalue weighted by Crippen LogP contribution is -2.25. The van der Waals surface area contributed by atoms with Gasteiger partial charge in [0.2, 0.25) is 10.0 Å². The largest absolute Gasteiger partial charge is 0.495 e. The molecule has 3 N–H and O–H groups in total. The third-order valence-corrected chi connectivity index (χ3v) is 3.98. The van der Waals surface area contributed by atoms with Crippen molar-refractivity contribution in [3.63, 3.8) is 0 Å². The molecule has 0 heterocycles. The van der Waals surface area contributed by atoms with Crippen LogP contribution in [-0.4, -0.2) is 22.1 Å². The number of rotatable bonds is 6. The van der Waals surface area contributed by atoms with E-state index >= 15 is 0 Å². The number of nitrogen functional groups attached to an aromatic ring is 1. The lowest BCUT2D eigenvalue weighted by molar-refractivity contribution is 0.416. The van der Waals surface area contributed by atoms with E-state index < -0.39 is 10.0 Å². The van der Waals surface area contributed by atoms with Crippen molar-refractivity contribution in [1.82, 2.24) is 4.72 Å². The maximum Gasteiger partial charge on any atom is 0.240 e. The number of benzene rings is 1. The molecule has 6 heteroatoms. The Bertz CT molecular complexity index is 498. The van der Waals surface area contributed by atoms with Crippen LogP contribution >= 0.6 is 0 Å². The molecule has 0 aliphatic carbocycles. The van der Waals surface area contributed by atoms with Crippen LogP contribution < -0.4 is 15.2 Å². The van der Waals surface area contributed by atoms with E-state index in [-0.39, 0.29) is 4.90 Å². The van der Waals surface area contributed by atoms with Gasteiger partial charge in [-0.05, 0) is 30.5 Å². The Kier molecular flexibility index (Phi) is 4.98. The number of methoxy groups -OCH3 is 1. The van der Waals surface area contributed by atoms with Crippen molar-refractivity contribution in [2.24, 2.45) is 5.92 Å².